The van der Waals surface area contributed by atoms with Crippen molar-refractivity contribution in [2.45, 2.75) is 57.7 Å². The second-order valence-electron chi connectivity index (χ2n) is 7.59. The van der Waals surface area contributed by atoms with Gasteiger partial charge >= 0.3 is 0 Å². The van der Waals surface area contributed by atoms with Crippen LogP contribution < -0.4 is 5.32 Å². The second-order valence-corrected chi connectivity index (χ2v) is 7.99. The van der Waals surface area contributed by atoms with Crippen LogP contribution in [0, 0.1) is 0 Å². The van der Waals surface area contributed by atoms with Gasteiger partial charge in [-0.05, 0) is 57.1 Å². The van der Waals surface area contributed by atoms with Gasteiger partial charge in [-0.1, -0.05) is 29.8 Å². The van der Waals surface area contributed by atoms with Crippen LogP contribution in [0.3, 0.4) is 0 Å². The molecular weight excluding hydrogens is 501 g/mol. The summed E-state index contributed by atoms with van der Waals surface area (Å²) in [6.07, 6.45) is 7.18. The Morgan fingerprint density at radius 3 is 2.72 bits per heavy atom. The van der Waals surface area contributed by atoms with Gasteiger partial charge < -0.3 is 19.7 Å². The molecule has 1 aromatic carbocycles. The quantitative estimate of drug-likeness (QED) is 0.317. The molecule has 2 aliphatic rings. The number of guanidine groups is 1. The van der Waals surface area contributed by atoms with Crippen molar-refractivity contribution < 1.29 is 9.47 Å². The fourth-order valence-corrected chi connectivity index (χ4v) is 4.06. The number of hydrogen-bond acceptors (Lipinski definition) is 3. The van der Waals surface area contributed by atoms with Gasteiger partial charge in [-0.2, -0.15) is 0 Å². The van der Waals surface area contributed by atoms with E-state index in [9.17, 15) is 0 Å². The smallest absolute Gasteiger partial charge is 0.193 e. The average Bonchev–Trinajstić information content (AvgIpc) is 2.74. The van der Waals surface area contributed by atoms with E-state index in [0.29, 0.717) is 12.2 Å². The van der Waals surface area contributed by atoms with Crippen LogP contribution in [0.5, 0.6) is 0 Å². The lowest BCUT2D eigenvalue weighted by Gasteiger charge is -2.35. The van der Waals surface area contributed by atoms with Crippen LogP contribution in [-0.4, -0.2) is 62.5 Å². The first-order chi connectivity index (χ1) is 13.8. The van der Waals surface area contributed by atoms with Gasteiger partial charge in [0.25, 0.3) is 0 Å². The Balaban J connectivity index is 0.00000300. The molecule has 1 atom stereocenters. The molecule has 2 aliphatic heterocycles. The Bertz CT molecular complexity index is 618. The summed E-state index contributed by atoms with van der Waals surface area (Å²) in [5.41, 5.74) is 1.15. The lowest BCUT2D eigenvalue weighted by atomic mass is 10.1. The number of nitrogens with zero attached hydrogens (tertiary/aromatic N) is 2. The number of ether oxygens (including phenoxy) is 2. The van der Waals surface area contributed by atoms with Crippen LogP contribution >= 0.6 is 35.6 Å². The highest BCUT2D eigenvalue weighted by atomic mass is 127. The fourth-order valence-electron chi connectivity index (χ4n) is 3.83. The highest BCUT2D eigenvalue weighted by Gasteiger charge is 2.23. The van der Waals surface area contributed by atoms with Crippen molar-refractivity contribution in [2.24, 2.45) is 4.99 Å². The van der Waals surface area contributed by atoms with Gasteiger partial charge in [0.1, 0.15) is 0 Å². The van der Waals surface area contributed by atoms with Crippen molar-refractivity contribution in [3.8, 4) is 0 Å². The molecule has 29 heavy (non-hydrogen) atoms. The first-order valence-corrected chi connectivity index (χ1v) is 11.1. The molecule has 0 radical (unpaired) electrons. The molecular formula is C22H35ClIN3O2. The van der Waals surface area contributed by atoms with Crippen LogP contribution in [0.4, 0.5) is 0 Å². The van der Waals surface area contributed by atoms with Crippen molar-refractivity contribution in [3.63, 3.8) is 0 Å². The summed E-state index contributed by atoms with van der Waals surface area (Å²) >= 11 is 6.25. The van der Waals surface area contributed by atoms with E-state index in [2.05, 4.69) is 23.2 Å². The number of aliphatic imine (C=N–C) groups is 1. The Morgan fingerprint density at radius 2 is 2.03 bits per heavy atom. The molecule has 5 nitrogen and oxygen atoms in total. The van der Waals surface area contributed by atoms with E-state index in [-0.39, 0.29) is 24.0 Å². The van der Waals surface area contributed by atoms with E-state index in [0.717, 1.165) is 81.6 Å². The van der Waals surface area contributed by atoms with Crippen LogP contribution in [0.25, 0.3) is 0 Å². The minimum absolute atomic E-state index is 0. The molecule has 0 bridgehead atoms. The third-order valence-electron chi connectivity index (χ3n) is 5.47. The number of piperidine rings is 1. The SMILES string of the molecule is CCNC(=NCCc1ccccc1Cl)N1CCC(OCC2CCCCO2)CC1.I. The minimum atomic E-state index is 0. The van der Waals surface area contributed by atoms with E-state index in [1.54, 1.807) is 0 Å². The van der Waals surface area contributed by atoms with E-state index in [1.165, 1.54) is 12.8 Å². The van der Waals surface area contributed by atoms with E-state index >= 15 is 0 Å². The van der Waals surface area contributed by atoms with E-state index in [1.807, 2.05) is 18.2 Å². The van der Waals surface area contributed by atoms with Crippen LogP contribution in [-0.2, 0) is 15.9 Å². The molecule has 0 aromatic heterocycles. The number of benzene rings is 1. The topological polar surface area (TPSA) is 46.1 Å². The van der Waals surface area contributed by atoms with Crippen molar-refractivity contribution >= 4 is 41.5 Å². The number of nitrogens with one attached hydrogen (secondary N) is 1. The van der Waals surface area contributed by atoms with Gasteiger partial charge in [-0.25, -0.2) is 0 Å². The standard InChI is InChI=1S/C22H34ClN3O2.HI/c1-2-24-22(25-13-10-18-7-3-4-9-21(18)23)26-14-11-19(12-15-26)28-17-20-8-5-6-16-27-20;/h3-4,7,9,19-20H,2,5-6,8,10-17H2,1H3,(H,24,25);1H. The highest BCUT2D eigenvalue weighted by Crippen LogP contribution is 2.18. The zero-order valence-corrected chi connectivity index (χ0v) is 20.5. The van der Waals surface area contributed by atoms with Crippen LogP contribution in [0.2, 0.25) is 5.02 Å². The predicted molar refractivity (Wildman–Crippen MR) is 131 cm³/mol. The summed E-state index contributed by atoms with van der Waals surface area (Å²) in [6, 6.07) is 8.00. The largest absolute Gasteiger partial charge is 0.376 e. The van der Waals surface area contributed by atoms with Crippen molar-refractivity contribution in [1.29, 1.82) is 0 Å². The van der Waals surface area contributed by atoms with Crippen LogP contribution in [0.15, 0.2) is 29.3 Å². The number of hydrogen-bond donors (Lipinski definition) is 1. The zero-order valence-electron chi connectivity index (χ0n) is 17.4. The van der Waals surface area contributed by atoms with Crippen molar-refractivity contribution in [3.05, 3.63) is 34.9 Å². The second kappa shape index (κ2) is 13.7. The predicted octanol–water partition coefficient (Wildman–Crippen LogP) is 4.52. The van der Waals surface area contributed by atoms with Gasteiger partial charge in [0.05, 0.1) is 18.8 Å². The summed E-state index contributed by atoms with van der Waals surface area (Å²) in [7, 11) is 0. The van der Waals surface area contributed by atoms with Crippen molar-refractivity contribution in [2.75, 3.05) is 39.4 Å². The lowest BCUT2D eigenvalue weighted by Crippen LogP contribution is -2.47. The summed E-state index contributed by atoms with van der Waals surface area (Å²) in [4.78, 5) is 7.18. The Hall–Kier alpha value is -0.570. The van der Waals surface area contributed by atoms with E-state index in [4.69, 9.17) is 26.1 Å². The average molecular weight is 536 g/mol. The van der Waals surface area contributed by atoms with Crippen molar-refractivity contribution in [1.82, 2.24) is 10.2 Å². The summed E-state index contributed by atoms with van der Waals surface area (Å²) in [6.45, 7) is 7.33. The van der Waals surface area contributed by atoms with E-state index < -0.39 is 0 Å². The molecule has 2 heterocycles. The molecule has 0 aliphatic carbocycles. The highest BCUT2D eigenvalue weighted by molar-refractivity contribution is 14.0. The maximum absolute atomic E-state index is 6.25. The Kier molecular flexibility index (Phi) is 11.6. The molecule has 1 N–H and O–H groups in total. The molecule has 7 heteroatoms. The normalized spacial score (nSPS) is 21.0. The fraction of sp³-hybridized carbons (Fsp3) is 0.682. The van der Waals surface area contributed by atoms with Gasteiger partial charge in [-0.3, -0.25) is 4.99 Å². The van der Waals surface area contributed by atoms with Crippen LogP contribution in [0.1, 0.15) is 44.6 Å². The van der Waals surface area contributed by atoms with Gasteiger partial charge in [-0.15, -0.1) is 24.0 Å². The molecule has 2 fully saturated rings. The van der Waals surface area contributed by atoms with Gasteiger partial charge in [0, 0.05) is 37.8 Å². The Labute approximate surface area is 197 Å². The third kappa shape index (κ3) is 8.23. The molecule has 3 rings (SSSR count). The molecule has 2 saturated heterocycles. The number of likely N-dealkylation sites (tertiary alicyclic amines) is 1. The molecule has 0 spiro atoms. The summed E-state index contributed by atoms with van der Waals surface area (Å²) < 4.78 is 11.9. The number of halogens is 2. The zero-order chi connectivity index (χ0) is 19.6. The maximum atomic E-state index is 6.25. The molecule has 1 aromatic rings. The lowest BCUT2D eigenvalue weighted by molar-refractivity contribution is -0.0721. The summed E-state index contributed by atoms with van der Waals surface area (Å²) in [5.74, 6) is 1.00. The molecule has 164 valence electrons. The molecule has 0 amide bonds. The Morgan fingerprint density at radius 1 is 1.24 bits per heavy atom. The molecule has 1 unspecified atom stereocenters. The minimum Gasteiger partial charge on any atom is -0.376 e. The monoisotopic (exact) mass is 535 g/mol. The van der Waals surface area contributed by atoms with Gasteiger partial charge in [0.15, 0.2) is 5.96 Å². The number of rotatable bonds is 7. The van der Waals surface area contributed by atoms with Gasteiger partial charge in [0.2, 0.25) is 0 Å². The molecule has 0 saturated carbocycles. The first-order valence-electron chi connectivity index (χ1n) is 10.8. The summed E-state index contributed by atoms with van der Waals surface area (Å²) in [5, 5.41) is 4.26. The maximum Gasteiger partial charge on any atom is 0.193 e. The first kappa shape index (κ1) is 24.7. The third-order valence-corrected chi connectivity index (χ3v) is 5.84.